The van der Waals surface area contributed by atoms with Gasteiger partial charge in [-0.1, -0.05) is 43.5 Å². The fourth-order valence-corrected chi connectivity index (χ4v) is 4.23. The minimum atomic E-state index is -0.892. The molecule has 0 spiro atoms. The van der Waals surface area contributed by atoms with E-state index in [-0.39, 0.29) is 43.4 Å². The van der Waals surface area contributed by atoms with Gasteiger partial charge in [0.1, 0.15) is 25.0 Å². The third-order valence-corrected chi connectivity index (χ3v) is 5.80. The largest absolute Gasteiger partial charge is 0.508 e. The number of fused-ring (bicyclic) bond motifs is 1. The lowest BCUT2D eigenvalue weighted by atomic mass is 9.82. The number of amides is 3. The molecule has 0 unspecified atom stereocenters. The molecular formula is C25H29N3O7. The summed E-state index contributed by atoms with van der Waals surface area (Å²) in [6, 6.07) is 6.65. The molecule has 10 heteroatoms. The molecule has 1 saturated heterocycles. The Morgan fingerprint density at radius 1 is 1.20 bits per heavy atom. The predicted molar refractivity (Wildman–Crippen MR) is 127 cm³/mol. The number of nitrogens with one attached hydrogen (secondary N) is 2. The maximum Gasteiger partial charge on any atom is 0.508 e. The van der Waals surface area contributed by atoms with E-state index in [9.17, 15) is 19.2 Å². The van der Waals surface area contributed by atoms with Gasteiger partial charge in [-0.25, -0.2) is 14.4 Å². The lowest BCUT2D eigenvalue weighted by Crippen LogP contribution is -2.62. The van der Waals surface area contributed by atoms with Crippen LogP contribution in [0.15, 0.2) is 55.3 Å². The Hall–Kier alpha value is -4.08. The molecule has 2 N–H and O–H groups in total. The molecule has 2 aliphatic heterocycles. The SMILES string of the molecule is C=CCOC(=O)O[C@H](C)[C@H]1C(=O)N2C(C(=O)OCC=C)=C(c3cccc(CNC(=O)NC)c3)C[C@H]12. The minimum Gasteiger partial charge on any atom is -0.457 e. The smallest absolute Gasteiger partial charge is 0.457 e. The van der Waals surface area contributed by atoms with Crippen molar-refractivity contribution in [3.05, 3.63) is 66.4 Å². The third-order valence-electron chi connectivity index (χ3n) is 5.80. The molecule has 3 rings (SSSR count). The van der Waals surface area contributed by atoms with Crippen LogP contribution < -0.4 is 10.6 Å². The normalized spacial score (nSPS) is 19.1. The summed E-state index contributed by atoms with van der Waals surface area (Å²) in [5, 5.41) is 5.21. The fourth-order valence-electron chi connectivity index (χ4n) is 4.23. The standard InChI is InChI=1S/C25H29N3O7/c1-5-10-33-23(30)21-18(17-9-7-8-16(12-17)14-27-24(31)26-4)13-19-20(22(29)28(19)21)15(3)35-25(32)34-11-6-2/h5-9,12,15,19-20H,1-2,10-11,13-14H2,3-4H3,(H2,26,27,31)/t15-,19-,20-/m1/s1. The first-order chi connectivity index (χ1) is 16.8. The molecule has 35 heavy (non-hydrogen) atoms. The van der Waals surface area contributed by atoms with E-state index < -0.39 is 24.1 Å². The van der Waals surface area contributed by atoms with Gasteiger partial charge in [-0.05, 0) is 36.1 Å². The Morgan fingerprint density at radius 3 is 2.60 bits per heavy atom. The highest BCUT2D eigenvalue weighted by molar-refractivity contribution is 6.06. The van der Waals surface area contributed by atoms with Crippen LogP contribution in [-0.2, 0) is 30.3 Å². The lowest BCUT2D eigenvalue weighted by Gasteiger charge is -2.45. The van der Waals surface area contributed by atoms with E-state index >= 15 is 0 Å². The van der Waals surface area contributed by atoms with E-state index in [2.05, 4.69) is 23.8 Å². The first kappa shape index (κ1) is 25.5. The summed E-state index contributed by atoms with van der Waals surface area (Å²) in [5.74, 6) is -1.61. The highest BCUT2D eigenvalue weighted by Gasteiger charge is 2.58. The lowest BCUT2D eigenvalue weighted by molar-refractivity contribution is -0.162. The second-order valence-corrected chi connectivity index (χ2v) is 8.03. The number of urea groups is 1. The summed E-state index contributed by atoms with van der Waals surface area (Å²) in [6.45, 7) is 8.92. The van der Waals surface area contributed by atoms with Gasteiger partial charge in [0.15, 0.2) is 0 Å². The molecule has 2 aliphatic rings. The fraction of sp³-hybridized carbons (Fsp3) is 0.360. The molecule has 1 aromatic carbocycles. The number of β-lactam (4-membered cyclic amide) rings is 1. The van der Waals surface area contributed by atoms with E-state index in [1.54, 1.807) is 6.92 Å². The zero-order valence-electron chi connectivity index (χ0n) is 19.7. The monoisotopic (exact) mass is 483 g/mol. The van der Waals surface area contributed by atoms with Gasteiger partial charge in [-0.2, -0.15) is 0 Å². The third kappa shape index (κ3) is 5.53. The van der Waals surface area contributed by atoms with Crippen LogP contribution in [0, 0.1) is 5.92 Å². The number of nitrogens with zero attached hydrogens (tertiary/aromatic N) is 1. The van der Waals surface area contributed by atoms with Crippen LogP contribution in [0.2, 0.25) is 0 Å². The minimum absolute atomic E-state index is 0.00349. The molecule has 0 aliphatic carbocycles. The van der Waals surface area contributed by atoms with Crippen molar-refractivity contribution in [3.63, 3.8) is 0 Å². The molecule has 0 aromatic heterocycles. The summed E-state index contributed by atoms with van der Waals surface area (Å²) in [5.41, 5.74) is 2.35. The Balaban J connectivity index is 1.85. The van der Waals surface area contributed by atoms with Crippen LogP contribution in [-0.4, -0.2) is 61.4 Å². The van der Waals surface area contributed by atoms with Crippen LogP contribution in [0.3, 0.4) is 0 Å². The van der Waals surface area contributed by atoms with Gasteiger partial charge in [-0.15, -0.1) is 0 Å². The quantitative estimate of drug-likeness (QED) is 0.298. The highest BCUT2D eigenvalue weighted by Crippen LogP contribution is 2.47. The van der Waals surface area contributed by atoms with Crippen molar-refractivity contribution < 1.29 is 33.4 Å². The Morgan fingerprint density at radius 2 is 1.91 bits per heavy atom. The topological polar surface area (TPSA) is 123 Å². The number of hydrogen-bond donors (Lipinski definition) is 2. The first-order valence-corrected chi connectivity index (χ1v) is 11.2. The van der Waals surface area contributed by atoms with E-state index in [1.165, 1.54) is 24.1 Å². The number of benzene rings is 1. The van der Waals surface area contributed by atoms with Crippen molar-refractivity contribution in [2.75, 3.05) is 20.3 Å². The van der Waals surface area contributed by atoms with Crippen LogP contribution >= 0.6 is 0 Å². The zero-order chi connectivity index (χ0) is 25.5. The Kier molecular flexibility index (Phi) is 8.30. The van der Waals surface area contributed by atoms with Gasteiger partial charge >= 0.3 is 18.2 Å². The summed E-state index contributed by atoms with van der Waals surface area (Å²) in [4.78, 5) is 50.8. The van der Waals surface area contributed by atoms with E-state index in [0.717, 1.165) is 11.1 Å². The van der Waals surface area contributed by atoms with E-state index in [4.69, 9.17) is 14.2 Å². The number of rotatable bonds is 10. The Bertz CT molecular complexity index is 1060. The summed E-state index contributed by atoms with van der Waals surface area (Å²) in [6.07, 6.45) is 1.58. The average Bonchev–Trinajstić information content (AvgIpc) is 3.19. The molecule has 3 atom stereocenters. The van der Waals surface area contributed by atoms with E-state index in [0.29, 0.717) is 12.0 Å². The zero-order valence-corrected chi connectivity index (χ0v) is 19.7. The Labute approximate surface area is 203 Å². The molecule has 0 saturated carbocycles. The van der Waals surface area contributed by atoms with Crippen LogP contribution in [0.25, 0.3) is 5.57 Å². The summed E-state index contributed by atoms with van der Waals surface area (Å²) >= 11 is 0. The molecule has 0 radical (unpaired) electrons. The average molecular weight is 484 g/mol. The van der Waals surface area contributed by atoms with Gasteiger partial charge in [0, 0.05) is 13.6 Å². The molecule has 186 valence electrons. The van der Waals surface area contributed by atoms with Crippen molar-refractivity contribution in [2.24, 2.45) is 5.92 Å². The predicted octanol–water partition coefficient (Wildman–Crippen LogP) is 2.51. The van der Waals surface area contributed by atoms with Crippen molar-refractivity contribution in [2.45, 2.75) is 32.0 Å². The van der Waals surface area contributed by atoms with Crippen molar-refractivity contribution in [1.82, 2.24) is 15.5 Å². The second kappa shape index (κ2) is 11.4. The highest BCUT2D eigenvalue weighted by atomic mass is 16.7. The van der Waals surface area contributed by atoms with Gasteiger partial charge < -0.3 is 29.7 Å². The molecule has 10 nitrogen and oxygen atoms in total. The molecule has 3 amide bonds. The molecule has 0 bridgehead atoms. The van der Waals surface area contributed by atoms with Crippen molar-refractivity contribution >= 4 is 29.6 Å². The van der Waals surface area contributed by atoms with Crippen molar-refractivity contribution in [1.29, 1.82) is 0 Å². The maximum atomic E-state index is 13.1. The van der Waals surface area contributed by atoms with E-state index in [1.807, 2.05) is 24.3 Å². The van der Waals surface area contributed by atoms with Crippen LogP contribution in [0.4, 0.5) is 9.59 Å². The molecular weight excluding hydrogens is 454 g/mol. The first-order valence-electron chi connectivity index (χ1n) is 11.2. The summed E-state index contributed by atoms with van der Waals surface area (Å²) in [7, 11) is 1.53. The molecule has 2 heterocycles. The molecule has 1 aromatic rings. The van der Waals surface area contributed by atoms with Crippen molar-refractivity contribution in [3.8, 4) is 0 Å². The number of ether oxygens (including phenoxy) is 3. The van der Waals surface area contributed by atoms with Crippen LogP contribution in [0.1, 0.15) is 24.5 Å². The van der Waals surface area contributed by atoms with Gasteiger partial charge in [0.25, 0.3) is 0 Å². The number of carbonyl (C=O) groups excluding carboxylic acids is 4. The van der Waals surface area contributed by atoms with Gasteiger partial charge in [-0.3, -0.25) is 4.79 Å². The number of hydrogen-bond acceptors (Lipinski definition) is 7. The second-order valence-electron chi connectivity index (χ2n) is 8.03. The maximum absolute atomic E-state index is 13.1. The summed E-state index contributed by atoms with van der Waals surface area (Å²) < 4.78 is 15.4. The number of carbonyl (C=O) groups is 4. The van der Waals surface area contributed by atoms with Gasteiger partial charge in [0.05, 0.1) is 12.0 Å². The van der Waals surface area contributed by atoms with Gasteiger partial charge in [0.2, 0.25) is 5.91 Å². The van der Waals surface area contributed by atoms with Crippen LogP contribution in [0.5, 0.6) is 0 Å². The molecule has 1 fully saturated rings. The number of esters is 1.